The molecule has 1 fully saturated rings. The van der Waals surface area contributed by atoms with Gasteiger partial charge in [-0.1, -0.05) is 30.3 Å². The lowest BCUT2D eigenvalue weighted by Crippen LogP contribution is -2.02. The third-order valence-electron chi connectivity index (χ3n) is 4.20. The van der Waals surface area contributed by atoms with Crippen molar-refractivity contribution < 1.29 is 4.42 Å². The van der Waals surface area contributed by atoms with E-state index in [0.29, 0.717) is 18.4 Å². The molecule has 0 atom stereocenters. The van der Waals surface area contributed by atoms with Crippen LogP contribution < -0.4 is 5.32 Å². The van der Waals surface area contributed by atoms with E-state index in [9.17, 15) is 0 Å². The number of hydrogen-bond acceptors (Lipinski definition) is 7. The highest BCUT2D eigenvalue weighted by atomic mass is 32.1. The minimum Gasteiger partial charge on any atom is -0.423 e. The van der Waals surface area contributed by atoms with E-state index >= 15 is 0 Å². The monoisotopic (exact) mass is 349 g/mol. The van der Waals surface area contributed by atoms with Crippen molar-refractivity contribution >= 4 is 27.4 Å². The van der Waals surface area contributed by atoms with Crippen LogP contribution in [0.2, 0.25) is 0 Å². The van der Waals surface area contributed by atoms with Gasteiger partial charge in [-0.25, -0.2) is 9.97 Å². The van der Waals surface area contributed by atoms with Gasteiger partial charge in [-0.15, -0.1) is 21.5 Å². The van der Waals surface area contributed by atoms with Crippen LogP contribution >= 0.6 is 11.3 Å². The van der Waals surface area contributed by atoms with Gasteiger partial charge < -0.3 is 9.73 Å². The van der Waals surface area contributed by atoms with Crippen molar-refractivity contribution in [2.75, 3.05) is 5.32 Å². The van der Waals surface area contributed by atoms with Crippen LogP contribution in [0.25, 0.3) is 20.7 Å². The predicted octanol–water partition coefficient (Wildman–Crippen LogP) is 4.23. The van der Waals surface area contributed by atoms with Gasteiger partial charge in [0.05, 0.1) is 11.9 Å². The first-order valence-electron chi connectivity index (χ1n) is 8.23. The first-order valence-corrected chi connectivity index (χ1v) is 9.04. The van der Waals surface area contributed by atoms with E-state index in [0.717, 1.165) is 34.8 Å². The van der Waals surface area contributed by atoms with Crippen LogP contribution in [0.1, 0.15) is 30.5 Å². The Labute approximate surface area is 148 Å². The summed E-state index contributed by atoms with van der Waals surface area (Å²) in [4.78, 5) is 10.9. The van der Waals surface area contributed by atoms with Gasteiger partial charge in [0.15, 0.2) is 0 Å². The highest BCUT2D eigenvalue weighted by Gasteiger charge is 2.29. The molecule has 6 nitrogen and oxygen atoms in total. The van der Waals surface area contributed by atoms with Crippen molar-refractivity contribution in [2.24, 2.45) is 0 Å². The standard InChI is InChI=1S/C18H15N5OS/c1-2-4-11(5-3-1)14-8-13-16(20-10-21-18(13)25-14)19-9-15-22-23-17(24-15)12-6-7-12/h1-5,8,10,12H,6-7,9H2,(H,19,20,21). The fourth-order valence-corrected chi connectivity index (χ4v) is 3.74. The fraction of sp³-hybridized carbons (Fsp3) is 0.222. The van der Waals surface area contributed by atoms with Crippen LogP contribution in [0.3, 0.4) is 0 Å². The van der Waals surface area contributed by atoms with Crippen LogP contribution in [0, 0.1) is 0 Å². The van der Waals surface area contributed by atoms with Crippen LogP contribution in [0.5, 0.6) is 0 Å². The molecule has 25 heavy (non-hydrogen) atoms. The molecular weight excluding hydrogens is 334 g/mol. The highest BCUT2D eigenvalue weighted by Crippen LogP contribution is 2.39. The minimum atomic E-state index is 0.461. The third kappa shape index (κ3) is 2.87. The molecule has 5 rings (SSSR count). The van der Waals surface area contributed by atoms with Crippen LogP contribution in [0.15, 0.2) is 47.1 Å². The van der Waals surface area contributed by atoms with Gasteiger partial charge in [0, 0.05) is 10.8 Å². The molecule has 1 aromatic carbocycles. The number of rotatable bonds is 5. The van der Waals surface area contributed by atoms with Crippen LogP contribution in [0.4, 0.5) is 5.82 Å². The minimum absolute atomic E-state index is 0.461. The molecule has 1 aliphatic carbocycles. The smallest absolute Gasteiger partial charge is 0.235 e. The molecule has 4 aromatic rings. The molecule has 0 saturated heterocycles. The van der Waals surface area contributed by atoms with Gasteiger partial charge in [0.1, 0.15) is 17.0 Å². The van der Waals surface area contributed by atoms with E-state index in [1.807, 2.05) is 18.2 Å². The summed E-state index contributed by atoms with van der Waals surface area (Å²) in [5, 5.41) is 12.5. The normalized spacial score (nSPS) is 14.1. The van der Waals surface area contributed by atoms with Crippen molar-refractivity contribution in [2.45, 2.75) is 25.3 Å². The molecule has 124 valence electrons. The molecule has 1 N–H and O–H groups in total. The summed E-state index contributed by atoms with van der Waals surface area (Å²) in [6, 6.07) is 12.4. The van der Waals surface area contributed by atoms with Crippen LogP contribution in [-0.4, -0.2) is 20.2 Å². The molecule has 0 spiro atoms. The summed E-state index contributed by atoms with van der Waals surface area (Å²) in [5.41, 5.74) is 1.18. The zero-order valence-electron chi connectivity index (χ0n) is 13.3. The zero-order valence-corrected chi connectivity index (χ0v) is 14.2. The fourth-order valence-electron chi connectivity index (χ4n) is 2.73. The molecule has 3 heterocycles. The number of fused-ring (bicyclic) bond motifs is 1. The maximum atomic E-state index is 5.69. The number of nitrogens with one attached hydrogen (secondary N) is 1. The van der Waals surface area contributed by atoms with E-state index in [-0.39, 0.29) is 0 Å². The Bertz CT molecular complexity index is 1020. The molecule has 1 saturated carbocycles. The molecule has 0 unspecified atom stereocenters. The number of nitrogens with zero attached hydrogens (tertiary/aromatic N) is 4. The second kappa shape index (κ2) is 5.93. The van der Waals surface area contributed by atoms with Crippen molar-refractivity contribution in [1.82, 2.24) is 20.2 Å². The Hall–Kier alpha value is -2.80. The average Bonchev–Trinajstić information content (AvgIpc) is 3.23. The van der Waals surface area contributed by atoms with E-state index in [4.69, 9.17) is 4.42 Å². The summed E-state index contributed by atoms with van der Waals surface area (Å²) < 4.78 is 5.69. The largest absolute Gasteiger partial charge is 0.423 e. The van der Waals surface area contributed by atoms with E-state index in [2.05, 4.69) is 43.7 Å². The molecular formula is C18H15N5OS. The highest BCUT2D eigenvalue weighted by molar-refractivity contribution is 7.21. The Morgan fingerprint density at radius 2 is 2.00 bits per heavy atom. The van der Waals surface area contributed by atoms with Gasteiger partial charge in [0.2, 0.25) is 11.8 Å². The second-order valence-electron chi connectivity index (χ2n) is 6.08. The van der Waals surface area contributed by atoms with Gasteiger partial charge in [-0.3, -0.25) is 0 Å². The maximum absolute atomic E-state index is 5.69. The Kier molecular flexibility index (Phi) is 3.45. The SMILES string of the molecule is c1ccc(-c2cc3c(NCc4nnc(C5CC5)o4)ncnc3s2)cc1. The lowest BCUT2D eigenvalue weighted by Gasteiger charge is -2.02. The maximum Gasteiger partial charge on any atom is 0.235 e. The van der Waals surface area contributed by atoms with Crippen molar-refractivity contribution in [3.05, 3.63) is 54.5 Å². The molecule has 0 aliphatic heterocycles. The number of anilines is 1. The second-order valence-corrected chi connectivity index (χ2v) is 7.11. The number of thiophene rings is 1. The van der Waals surface area contributed by atoms with E-state index in [1.54, 1.807) is 17.7 Å². The summed E-state index contributed by atoms with van der Waals surface area (Å²) >= 11 is 1.66. The lowest BCUT2D eigenvalue weighted by molar-refractivity contribution is 0.457. The lowest BCUT2D eigenvalue weighted by atomic mass is 10.2. The topological polar surface area (TPSA) is 76.7 Å². The number of aromatic nitrogens is 4. The van der Waals surface area contributed by atoms with Gasteiger partial charge >= 0.3 is 0 Å². The number of benzene rings is 1. The molecule has 1 aliphatic rings. The van der Waals surface area contributed by atoms with Crippen molar-refractivity contribution in [3.63, 3.8) is 0 Å². The molecule has 0 amide bonds. The summed E-state index contributed by atoms with van der Waals surface area (Å²) in [7, 11) is 0. The number of hydrogen-bond donors (Lipinski definition) is 1. The van der Waals surface area contributed by atoms with Crippen molar-refractivity contribution in [1.29, 1.82) is 0 Å². The summed E-state index contributed by atoms with van der Waals surface area (Å²) in [6.07, 6.45) is 3.89. The van der Waals surface area contributed by atoms with Gasteiger partial charge in [-0.2, -0.15) is 0 Å². The predicted molar refractivity (Wildman–Crippen MR) is 96.5 cm³/mol. The Morgan fingerprint density at radius 3 is 2.84 bits per heavy atom. The Balaban J connectivity index is 1.41. The Morgan fingerprint density at radius 1 is 1.12 bits per heavy atom. The van der Waals surface area contributed by atoms with Crippen LogP contribution in [-0.2, 0) is 6.54 Å². The first kappa shape index (κ1) is 14.5. The average molecular weight is 349 g/mol. The molecule has 0 bridgehead atoms. The van der Waals surface area contributed by atoms with Crippen molar-refractivity contribution in [3.8, 4) is 10.4 Å². The first-order chi connectivity index (χ1) is 12.4. The summed E-state index contributed by atoms with van der Waals surface area (Å²) in [6.45, 7) is 0.461. The molecule has 3 aromatic heterocycles. The van der Waals surface area contributed by atoms with E-state index in [1.165, 1.54) is 10.4 Å². The molecule has 7 heteroatoms. The van der Waals surface area contributed by atoms with Gasteiger partial charge in [-0.05, 0) is 24.5 Å². The summed E-state index contributed by atoms with van der Waals surface area (Å²) in [5.74, 6) is 2.60. The van der Waals surface area contributed by atoms with Gasteiger partial charge in [0.25, 0.3) is 0 Å². The third-order valence-corrected chi connectivity index (χ3v) is 5.30. The van der Waals surface area contributed by atoms with E-state index < -0.39 is 0 Å². The zero-order chi connectivity index (χ0) is 16.6. The quantitative estimate of drug-likeness (QED) is 0.581. The molecule has 0 radical (unpaired) electrons.